The van der Waals surface area contributed by atoms with E-state index in [2.05, 4.69) is 5.32 Å². The first-order valence-electron chi connectivity index (χ1n) is 8.99. The molecule has 0 spiro atoms. The zero-order chi connectivity index (χ0) is 21.1. The molecule has 9 nitrogen and oxygen atoms in total. The van der Waals surface area contributed by atoms with E-state index in [9.17, 15) is 24.3 Å². The molecular formula is C19H25N3O6. The van der Waals surface area contributed by atoms with Crippen molar-refractivity contribution in [1.29, 1.82) is 0 Å². The molecule has 1 aliphatic rings. The summed E-state index contributed by atoms with van der Waals surface area (Å²) < 4.78 is 0. The fraction of sp³-hybridized carbons (Fsp3) is 0.474. The highest BCUT2D eigenvalue weighted by Gasteiger charge is 2.46. The zero-order valence-corrected chi connectivity index (χ0v) is 15.8. The van der Waals surface area contributed by atoms with E-state index in [1.807, 2.05) is 13.8 Å². The average molecular weight is 391 g/mol. The summed E-state index contributed by atoms with van der Waals surface area (Å²) in [6.45, 7) is 3.74. The Bertz CT molecular complexity index is 794. The SMILES string of the molecule is CC(C)C[C@H](CC(=O)NO)C(=O)[C@@H]1Cc2ccccc2[C@](N)(C(=O)O)NC1=O. The minimum absolute atomic E-state index is 0.0254. The first-order chi connectivity index (χ1) is 13.1. The number of carboxylic acid groups (broad SMARTS) is 1. The van der Waals surface area contributed by atoms with E-state index in [0.29, 0.717) is 12.0 Å². The van der Waals surface area contributed by atoms with Gasteiger partial charge in [-0.3, -0.25) is 25.3 Å². The maximum atomic E-state index is 13.1. The van der Waals surface area contributed by atoms with E-state index in [1.165, 1.54) is 11.5 Å². The number of rotatable bonds is 7. The molecule has 0 saturated heterocycles. The van der Waals surface area contributed by atoms with Crippen molar-refractivity contribution in [1.82, 2.24) is 10.8 Å². The Hall–Kier alpha value is -2.78. The van der Waals surface area contributed by atoms with Gasteiger partial charge < -0.3 is 10.4 Å². The van der Waals surface area contributed by atoms with Crippen molar-refractivity contribution in [2.24, 2.45) is 23.5 Å². The highest BCUT2D eigenvalue weighted by molar-refractivity contribution is 6.05. The first kappa shape index (κ1) is 21.5. The molecule has 9 heteroatoms. The largest absolute Gasteiger partial charge is 0.478 e. The zero-order valence-electron chi connectivity index (χ0n) is 15.8. The summed E-state index contributed by atoms with van der Waals surface area (Å²) in [4.78, 5) is 49.3. The third-order valence-corrected chi connectivity index (χ3v) is 4.90. The fourth-order valence-corrected chi connectivity index (χ4v) is 3.57. The van der Waals surface area contributed by atoms with Crippen molar-refractivity contribution in [2.45, 2.75) is 38.8 Å². The van der Waals surface area contributed by atoms with Crippen LogP contribution < -0.4 is 16.5 Å². The quantitative estimate of drug-likeness (QED) is 0.254. The summed E-state index contributed by atoms with van der Waals surface area (Å²) in [5.74, 6) is -5.39. The minimum Gasteiger partial charge on any atom is -0.478 e. The second-order valence-corrected chi connectivity index (χ2v) is 7.48. The summed E-state index contributed by atoms with van der Waals surface area (Å²) in [6.07, 6.45) is 0.0401. The van der Waals surface area contributed by atoms with Crippen LogP contribution in [0.3, 0.4) is 0 Å². The third kappa shape index (κ3) is 4.37. The topological polar surface area (TPSA) is 159 Å². The van der Waals surface area contributed by atoms with Crippen LogP contribution in [0.5, 0.6) is 0 Å². The van der Waals surface area contributed by atoms with Gasteiger partial charge in [-0.05, 0) is 24.3 Å². The maximum absolute atomic E-state index is 13.1. The van der Waals surface area contributed by atoms with Crippen molar-refractivity contribution >= 4 is 23.6 Å². The van der Waals surface area contributed by atoms with Crippen LogP contribution in [0, 0.1) is 17.8 Å². The molecule has 0 fully saturated rings. The number of nitrogens with one attached hydrogen (secondary N) is 2. The van der Waals surface area contributed by atoms with Crippen molar-refractivity contribution in [3.8, 4) is 0 Å². The lowest BCUT2D eigenvalue weighted by atomic mass is 9.81. The monoisotopic (exact) mass is 391 g/mol. The number of amides is 2. The molecule has 1 aliphatic heterocycles. The van der Waals surface area contributed by atoms with E-state index in [4.69, 9.17) is 10.9 Å². The molecule has 0 bridgehead atoms. The van der Waals surface area contributed by atoms with Crippen molar-refractivity contribution < 1.29 is 29.5 Å². The van der Waals surface area contributed by atoms with Gasteiger partial charge in [-0.15, -0.1) is 0 Å². The number of fused-ring (bicyclic) bond motifs is 1. The Morgan fingerprint density at radius 3 is 2.54 bits per heavy atom. The summed E-state index contributed by atoms with van der Waals surface area (Å²) in [5, 5.41) is 20.7. The normalized spacial score (nSPS) is 22.6. The van der Waals surface area contributed by atoms with Crippen LogP contribution in [0.1, 0.15) is 37.8 Å². The van der Waals surface area contributed by atoms with Gasteiger partial charge in [-0.2, -0.15) is 0 Å². The fourth-order valence-electron chi connectivity index (χ4n) is 3.57. The number of hydroxylamine groups is 1. The Labute approximate surface area is 162 Å². The highest BCUT2D eigenvalue weighted by Crippen LogP contribution is 2.30. The summed E-state index contributed by atoms with van der Waals surface area (Å²) >= 11 is 0. The number of hydrogen-bond donors (Lipinski definition) is 5. The molecule has 0 aliphatic carbocycles. The van der Waals surface area contributed by atoms with Crippen LogP contribution in [-0.4, -0.2) is 33.9 Å². The van der Waals surface area contributed by atoms with Gasteiger partial charge in [-0.1, -0.05) is 38.1 Å². The lowest BCUT2D eigenvalue weighted by Crippen LogP contribution is -2.59. The lowest BCUT2D eigenvalue weighted by Gasteiger charge is -2.26. The molecule has 0 saturated carbocycles. The maximum Gasteiger partial charge on any atom is 0.349 e. The first-order valence-corrected chi connectivity index (χ1v) is 8.99. The smallest absolute Gasteiger partial charge is 0.349 e. The van der Waals surface area contributed by atoms with E-state index in [1.54, 1.807) is 18.2 Å². The molecule has 28 heavy (non-hydrogen) atoms. The average Bonchev–Trinajstić information content (AvgIpc) is 2.75. The van der Waals surface area contributed by atoms with Crippen LogP contribution in [0.2, 0.25) is 0 Å². The molecule has 152 valence electrons. The standard InChI is InChI=1S/C19H25N3O6/c1-10(2)7-12(9-15(23)22-28)16(24)13-8-11-5-3-4-6-14(11)19(20,18(26)27)21-17(13)25/h3-6,10,12-13,28H,7-9,20H2,1-2H3,(H,21,25)(H,22,23)(H,26,27)/t12-,13+,19-/m1/s1. The van der Waals surface area contributed by atoms with Crippen LogP contribution in [0.25, 0.3) is 0 Å². The number of carboxylic acids is 1. The number of aliphatic carboxylic acids is 1. The predicted molar refractivity (Wildman–Crippen MR) is 97.8 cm³/mol. The van der Waals surface area contributed by atoms with E-state index in [0.717, 1.165) is 0 Å². The molecule has 1 heterocycles. The van der Waals surface area contributed by atoms with Crippen LogP contribution in [0.4, 0.5) is 0 Å². The van der Waals surface area contributed by atoms with Crippen molar-refractivity contribution in [3.63, 3.8) is 0 Å². The van der Waals surface area contributed by atoms with E-state index in [-0.39, 0.29) is 24.3 Å². The molecule has 1 aromatic carbocycles. The van der Waals surface area contributed by atoms with Gasteiger partial charge >= 0.3 is 5.97 Å². The molecular weight excluding hydrogens is 366 g/mol. The Morgan fingerprint density at radius 2 is 1.96 bits per heavy atom. The molecule has 0 aromatic heterocycles. The second-order valence-electron chi connectivity index (χ2n) is 7.48. The summed E-state index contributed by atoms with van der Waals surface area (Å²) in [5.41, 5.74) is 6.01. The van der Waals surface area contributed by atoms with Crippen molar-refractivity contribution in [3.05, 3.63) is 35.4 Å². The molecule has 2 amide bonds. The summed E-state index contributed by atoms with van der Waals surface area (Å²) in [6, 6.07) is 6.40. The Balaban J connectivity index is 2.42. The molecule has 6 N–H and O–H groups in total. The minimum atomic E-state index is -2.15. The van der Waals surface area contributed by atoms with Gasteiger partial charge in [-0.25, -0.2) is 10.3 Å². The van der Waals surface area contributed by atoms with Crippen LogP contribution >= 0.6 is 0 Å². The van der Waals surface area contributed by atoms with Crippen molar-refractivity contribution in [2.75, 3.05) is 0 Å². The molecule has 1 aromatic rings. The van der Waals surface area contributed by atoms with Crippen LogP contribution in [0.15, 0.2) is 24.3 Å². The van der Waals surface area contributed by atoms with Gasteiger partial charge in [0.05, 0.1) is 0 Å². The summed E-state index contributed by atoms with van der Waals surface area (Å²) in [7, 11) is 0. The van der Waals surface area contributed by atoms with E-state index >= 15 is 0 Å². The lowest BCUT2D eigenvalue weighted by molar-refractivity contribution is -0.149. The Morgan fingerprint density at radius 1 is 1.32 bits per heavy atom. The van der Waals surface area contributed by atoms with Crippen LogP contribution in [-0.2, 0) is 31.3 Å². The number of hydrogen-bond acceptors (Lipinski definition) is 6. The Kier molecular flexibility index (Phi) is 6.52. The number of benzene rings is 1. The second kappa shape index (κ2) is 8.49. The number of carbonyl (C=O) groups is 4. The third-order valence-electron chi connectivity index (χ3n) is 4.90. The predicted octanol–water partition coefficient (Wildman–Crippen LogP) is 0.298. The van der Waals surface area contributed by atoms with Gasteiger partial charge in [0.1, 0.15) is 11.7 Å². The van der Waals surface area contributed by atoms with Gasteiger partial charge in [0.2, 0.25) is 17.5 Å². The molecule has 2 rings (SSSR count). The number of nitrogens with two attached hydrogens (primary N) is 1. The molecule has 3 atom stereocenters. The van der Waals surface area contributed by atoms with Gasteiger partial charge in [0.15, 0.2) is 0 Å². The number of ketones is 1. The number of Topliss-reactive ketones (excluding diaryl/α,β-unsaturated/α-hetero) is 1. The van der Waals surface area contributed by atoms with E-state index < -0.39 is 41.1 Å². The highest BCUT2D eigenvalue weighted by atomic mass is 16.5. The number of carbonyl (C=O) groups excluding carboxylic acids is 3. The molecule has 0 unspecified atom stereocenters. The molecule has 0 radical (unpaired) electrons. The van der Waals surface area contributed by atoms with Gasteiger partial charge in [0, 0.05) is 17.9 Å². The van der Waals surface area contributed by atoms with Gasteiger partial charge in [0.25, 0.3) is 0 Å².